The van der Waals surface area contributed by atoms with Crippen molar-refractivity contribution in [2.45, 2.75) is 51.2 Å². The zero-order chi connectivity index (χ0) is 20.6. The van der Waals surface area contributed by atoms with Gasteiger partial charge in [0.15, 0.2) is 0 Å². The van der Waals surface area contributed by atoms with E-state index in [0.29, 0.717) is 13.0 Å². The van der Waals surface area contributed by atoms with Crippen molar-refractivity contribution >= 4 is 11.8 Å². The van der Waals surface area contributed by atoms with Crippen LogP contribution in [0.25, 0.3) is 0 Å². The number of hydrogen-bond acceptors (Lipinski definition) is 4. The van der Waals surface area contributed by atoms with E-state index in [1.54, 1.807) is 12.1 Å². The lowest BCUT2D eigenvalue weighted by Gasteiger charge is -2.36. The van der Waals surface area contributed by atoms with Crippen molar-refractivity contribution in [2.75, 3.05) is 32.7 Å². The number of benzene rings is 1. The number of nitrogens with one attached hydrogen (secondary N) is 1. The molecule has 2 saturated heterocycles. The summed E-state index contributed by atoms with van der Waals surface area (Å²) in [7, 11) is 0. The average molecular weight is 409 g/mol. The second-order valence-electron chi connectivity index (χ2n) is 7.64. The van der Waals surface area contributed by atoms with Gasteiger partial charge in [0.1, 0.15) is 5.75 Å². The lowest BCUT2D eigenvalue weighted by atomic mass is 10.0. The minimum atomic E-state index is -2.84. The summed E-state index contributed by atoms with van der Waals surface area (Å²) >= 11 is 0. The van der Waals surface area contributed by atoms with E-state index in [1.807, 2.05) is 9.80 Å². The number of halogens is 2. The molecule has 1 aromatic rings. The van der Waals surface area contributed by atoms with E-state index >= 15 is 0 Å². The smallest absolute Gasteiger partial charge is 0.387 e. The van der Waals surface area contributed by atoms with E-state index in [2.05, 4.69) is 10.1 Å². The number of nitrogens with zero attached hydrogens (tertiary/aromatic N) is 2. The summed E-state index contributed by atoms with van der Waals surface area (Å²) in [5, 5.41) is 2.90. The van der Waals surface area contributed by atoms with Crippen molar-refractivity contribution in [3.05, 3.63) is 29.8 Å². The van der Waals surface area contributed by atoms with Crippen LogP contribution in [0.2, 0.25) is 0 Å². The first-order valence-corrected chi connectivity index (χ1v) is 10.4. The number of rotatable bonds is 8. The molecule has 0 radical (unpaired) electrons. The van der Waals surface area contributed by atoms with Crippen molar-refractivity contribution in [2.24, 2.45) is 0 Å². The highest BCUT2D eigenvalue weighted by Gasteiger charge is 2.33. The fraction of sp³-hybridized carbons (Fsp3) is 0.619. The summed E-state index contributed by atoms with van der Waals surface area (Å²) in [5.74, 6) is 0.191. The van der Waals surface area contributed by atoms with Crippen molar-refractivity contribution in [1.29, 1.82) is 0 Å². The first-order valence-electron chi connectivity index (χ1n) is 10.4. The Morgan fingerprint density at radius 1 is 1.07 bits per heavy atom. The third-order valence-electron chi connectivity index (χ3n) is 5.55. The largest absolute Gasteiger partial charge is 0.435 e. The lowest BCUT2D eigenvalue weighted by molar-refractivity contribution is -0.138. The molecule has 0 bridgehead atoms. The molecule has 0 saturated carbocycles. The molecule has 3 rings (SSSR count). The van der Waals surface area contributed by atoms with Gasteiger partial charge in [0.2, 0.25) is 11.8 Å². The number of piperidine rings is 1. The van der Waals surface area contributed by atoms with E-state index in [1.165, 1.54) is 12.1 Å². The maximum Gasteiger partial charge on any atom is 0.387 e. The maximum atomic E-state index is 12.8. The van der Waals surface area contributed by atoms with Gasteiger partial charge in [-0.15, -0.1) is 0 Å². The lowest BCUT2D eigenvalue weighted by Crippen LogP contribution is -2.53. The second-order valence-corrected chi connectivity index (χ2v) is 7.64. The van der Waals surface area contributed by atoms with Crippen LogP contribution in [0.15, 0.2) is 24.3 Å². The molecule has 1 N–H and O–H groups in total. The topological polar surface area (TPSA) is 61.9 Å². The third kappa shape index (κ3) is 6.39. The third-order valence-corrected chi connectivity index (χ3v) is 5.55. The number of alkyl halides is 2. The molecule has 2 aliphatic rings. The number of carbonyl (C=O) groups is 2. The predicted molar refractivity (Wildman–Crippen MR) is 105 cm³/mol. The first kappa shape index (κ1) is 21.5. The Balaban J connectivity index is 1.43. The van der Waals surface area contributed by atoms with E-state index < -0.39 is 6.61 Å². The molecule has 2 fully saturated rings. The minimum absolute atomic E-state index is 0.0937. The maximum absolute atomic E-state index is 12.8. The van der Waals surface area contributed by atoms with Gasteiger partial charge in [-0.3, -0.25) is 14.5 Å². The van der Waals surface area contributed by atoms with Crippen molar-refractivity contribution in [3.8, 4) is 5.75 Å². The minimum Gasteiger partial charge on any atom is -0.435 e. The molecule has 0 aromatic heterocycles. The highest BCUT2D eigenvalue weighted by Crippen LogP contribution is 2.21. The first-order chi connectivity index (χ1) is 14.0. The Kier molecular flexibility index (Phi) is 7.80. The molecule has 2 heterocycles. The number of carbonyl (C=O) groups excluding carboxylic acids is 2. The van der Waals surface area contributed by atoms with Crippen molar-refractivity contribution in [3.63, 3.8) is 0 Å². The van der Waals surface area contributed by atoms with Gasteiger partial charge in [0.05, 0.1) is 12.6 Å². The molecule has 2 amide bonds. The average Bonchev–Trinajstić information content (AvgIpc) is 3.24. The van der Waals surface area contributed by atoms with Crippen LogP contribution in [0.4, 0.5) is 8.78 Å². The normalized spacial score (nSPS) is 20.1. The molecular weight excluding hydrogens is 380 g/mol. The fourth-order valence-corrected chi connectivity index (χ4v) is 4.03. The molecule has 6 nitrogen and oxygen atoms in total. The monoisotopic (exact) mass is 409 g/mol. The summed E-state index contributed by atoms with van der Waals surface area (Å²) in [6.45, 7) is 0.268. The predicted octanol–water partition coefficient (Wildman–Crippen LogP) is 2.42. The van der Waals surface area contributed by atoms with E-state index in [-0.39, 0.29) is 30.2 Å². The summed E-state index contributed by atoms with van der Waals surface area (Å²) in [4.78, 5) is 29.1. The summed E-state index contributed by atoms with van der Waals surface area (Å²) in [6, 6.07) is 6.21. The summed E-state index contributed by atoms with van der Waals surface area (Å²) in [5.41, 5.74) is 0.923. The highest BCUT2D eigenvalue weighted by molar-refractivity contribution is 5.84. The number of hydrogen-bond donors (Lipinski definition) is 1. The van der Waals surface area contributed by atoms with Gasteiger partial charge >= 0.3 is 6.61 Å². The molecule has 2 aliphatic heterocycles. The van der Waals surface area contributed by atoms with Crippen LogP contribution in [0, 0.1) is 0 Å². The molecule has 8 heteroatoms. The number of amides is 2. The van der Waals surface area contributed by atoms with Crippen molar-refractivity contribution in [1.82, 2.24) is 15.1 Å². The Morgan fingerprint density at radius 2 is 1.76 bits per heavy atom. The SMILES string of the molecule is O=C(CN1CCCCC1C(=O)N1CCCC1)NCCc1ccc(OC(F)F)cc1. The van der Waals surface area contributed by atoms with Crippen LogP contribution in [0.5, 0.6) is 5.75 Å². The highest BCUT2D eigenvalue weighted by atomic mass is 19.3. The molecular formula is C21H29F2N3O3. The van der Waals surface area contributed by atoms with Crippen molar-refractivity contribution < 1.29 is 23.1 Å². The molecule has 0 aliphatic carbocycles. The standard InChI is InChI=1S/C21H29F2N3O3/c22-21(23)29-17-8-6-16(7-9-17)10-11-24-19(27)15-26-14-2-1-5-18(26)20(28)25-12-3-4-13-25/h6-9,18,21H,1-5,10-15H2,(H,24,27). The number of ether oxygens (including phenoxy) is 1. The molecule has 0 spiro atoms. The van der Waals surface area contributed by atoms with Gasteiger partial charge in [-0.05, 0) is 56.3 Å². The van der Waals surface area contributed by atoms with Crippen LogP contribution in [-0.2, 0) is 16.0 Å². The van der Waals surface area contributed by atoms with Gasteiger partial charge in [0, 0.05) is 19.6 Å². The van der Waals surface area contributed by atoms with E-state index in [0.717, 1.165) is 57.3 Å². The van der Waals surface area contributed by atoms with Gasteiger partial charge < -0.3 is 15.0 Å². The van der Waals surface area contributed by atoms with Gasteiger partial charge in [-0.2, -0.15) is 8.78 Å². The Labute approximate surface area is 170 Å². The van der Waals surface area contributed by atoms with Crippen LogP contribution in [0.3, 0.4) is 0 Å². The Hall–Kier alpha value is -2.22. The summed E-state index contributed by atoms with van der Waals surface area (Å²) in [6.07, 6.45) is 5.56. The number of likely N-dealkylation sites (tertiary alicyclic amines) is 2. The van der Waals surface area contributed by atoms with E-state index in [4.69, 9.17) is 0 Å². The zero-order valence-corrected chi connectivity index (χ0v) is 16.6. The molecule has 160 valence electrons. The van der Waals surface area contributed by atoms with Crippen LogP contribution in [-0.4, -0.2) is 67.0 Å². The Bertz CT molecular complexity index is 678. The van der Waals surface area contributed by atoms with Crippen LogP contribution in [0.1, 0.15) is 37.7 Å². The Morgan fingerprint density at radius 3 is 2.45 bits per heavy atom. The van der Waals surface area contributed by atoms with Gasteiger partial charge in [-0.25, -0.2) is 0 Å². The molecule has 1 unspecified atom stereocenters. The molecule has 1 aromatic carbocycles. The van der Waals surface area contributed by atoms with Crippen LogP contribution >= 0.6 is 0 Å². The van der Waals surface area contributed by atoms with E-state index in [9.17, 15) is 18.4 Å². The summed E-state index contributed by atoms with van der Waals surface area (Å²) < 4.78 is 28.7. The fourth-order valence-electron chi connectivity index (χ4n) is 4.03. The van der Waals surface area contributed by atoms with Crippen LogP contribution < -0.4 is 10.1 Å². The van der Waals surface area contributed by atoms with Gasteiger partial charge in [0.25, 0.3) is 0 Å². The molecule has 1 atom stereocenters. The second kappa shape index (κ2) is 10.5. The molecule has 29 heavy (non-hydrogen) atoms. The van der Waals surface area contributed by atoms with Gasteiger partial charge in [-0.1, -0.05) is 18.6 Å². The quantitative estimate of drug-likeness (QED) is 0.716. The zero-order valence-electron chi connectivity index (χ0n) is 16.6.